The Bertz CT molecular complexity index is 77.0. The largest absolute Gasteiger partial charge is 0.351 e. The van der Waals surface area contributed by atoms with Crippen LogP contribution in [0.4, 0.5) is 0 Å². The maximum atomic E-state index is 2.39. The molecular weight excluding hydrogens is 130 g/mol. The van der Waals surface area contributed by atoms with Crippen molar-refractivity contribution in [3.05, 3.63) is 5.25 Å². The van der Waals surface area contributed by atoms with Crippen LogP contribution >= 0.6 is 11.8 Å². The third-order valence-electron chi connectivity index (χ3n) is 1.83. The quantitative estimate of drug-likeness (QED) is 0.514. The molecular formula is C7H14NS-. The van der Waals surface area contributed by atoms with Crippen molar-refractivity contribution in [3.8, 4) is 0 Å². The second-order valence-electron chi connectivity index (χ2n) is 2.55. The van der Waals surface area contributed by atoms with Gasteiger partial charge in [-0.3, -0.25) is 5.25 Å². The molecule has 0 aromatic carbocycles. The number of thioether (sulfide) groups is 1. The van der Waals surface area contributed by atoms with Crippen molar-refractivity contribution in [2.75, 3.05) is 26.4 Å². The Hall–Kier alpha value is 0.310. The first kappa shape index (κ1) is 7.42. The van der Waals surface area contributed by atoms with Crippen molar-refractivity contribution >= 4 is 11.8 Å². The minimum absolute atomic E-state index is 1.26. The van der Waals surface area contributed by atoms with Gasteiger partial charge in [0.25, 0.3) is 0 Å². The highest BCUT2D eigenvalue weighted by Crippen LogP contribution is 2.27. The van der Waals surface area contributed by atoms with Gasteiger partial charge in [-0.05, 0) is 26.4 Å². The van der Waals surface area contributed by atoms with Crippen molar-refractivity contribution < 1.29 is 0 Å². The van der Waals surface area contributed by atoms with Gasteiger partial charge in [0, 0.05) is 0 Å². The van der Waals surface area contributed by atoms with E-state index >= 15 is 0 Å². The summed E-state index contributed by atoms with van der Waals surface area (Å²) in [5, 5.41) is 1.67. The van der Waals surface area contributed by atoms with Gasteiger partial charge >= 0.3 is 0 Å². The normalized spacial score (nSPS) is 24.7. The van der Waals surface area contributed by atoms with Crippen molar-refractivity contribution in [3.63, 3.8) is 0 Å². The average Bonchev–Trinajstić information content (AvgIpc) is 1.90. The van der Waals surface area contributed by atoms with E-state index in [9.17, 15) is 0 Å². The van der Waals surface area contributed by atoms with Crippen LogP contribution in [0.3, 0.4) is 0 Å². The molecule has 54 valence electrons. The van der Waals surface area contributed by atoms with Crippen LogP contribution in [-0.4, -0.2) is 31.3 Å². The minimum Gasteiger partial charge on any atom is -0.351 e. The molecule has 0 radical (unpaired) electrons. The van der Waals surface area contributed by atoms with E-state index in [4.69, 9.17) is 0 Å². The molecule has 1 aliphatic heterocycles. The maximum Gasteiger partial charge on any atom is -0.0136 e. The number of piperidine rings is 1. The Balaban J connectivity index is 2.18. The van der Waals surface area contributed by atoms with E-state index in [0.29, 0.717) is 0 Å². The summed E-state index contributed by atoms with van der Waals surface area (Å²) in [4.78, 5) is 2.39. The Labute approximate surface area is 61.8 Å². The molecule has 1 nitrogen and oxygen atoms in total. The van der Waals surface area contributed by atoms with E-state index in [1.165, 1.54) is 25.9 Å². The van der Waals surface area contributed by atoms with E-state index in [1.807, 2.05) is 11.8 Å². The first-order valence-electron chi connectivity index (χ1n) is 3.40. The van der Waals surface area contributed by atoms with Crippen molar-refractivity contribution in [2.45, 2.75) is 12.8 Å². The smallest absolute Gasteiger partial charge is 0.0136 e. The molecule has 0 spiro atoms. The zero-order chi connectivity index (χ0) is 6.69. The third kappa shape index (κ3) is 2.18. The van der Waals surface area contributed by atoms with Crippen LogP contribution < -0.4 is 0 Å². The van der Waals surface area contributed by atoms with Crippen LogP contribution in [0.25, 0.3) is 0 Å². The second kappa shape index (κ2) is 3.47. The lowest BCUT2D eigenvalue weighted by Gasteiger charge is -2.38. The lowest BCUT2D eigenvalue weighted by Crippen LogP contribution is -2.28. The van der Waals surface area contributed by atoms with Crippen molar-refractivity contribution in [1.29, 1.82) is 0 Å². The molecule has 0 aliphatic carbocycles. The van der Waals surface area contributed by atoms with Crippen LogP contribution in [0.1, 0.15) is 12.8 Å². The number of likely N-dealkylation sites (tertiary alicyclic amines) is 1. The first-order valence-corrected chi connectivity index (χ1v) is 4.62. The van der Waals surface area contributed by atoms with Crippen LogP contribution in [0.2, 0.25) is 0 Å². The monoisotopic (exact) mass is 144 g/mol. The molecule has 1 saturated heterocycles. The van der Waals surface area contributed by atoms with E-state index in [2.05, 4.69) is 18.2 Å². The zero-order valence-electron chi connectivity index (χ0n) is 6.18. The van der Waals surface area contributed by atoms with Crippen LogP contribution in [0, 0.1) is 5.25 Å². The minimum atomic E-state index is 1.26. The van der Waals surface area contributed by atoms with Gasteiger partial charge in [0.05, 0.1) is 0 Å². The highest BCUT2D eigenvalue weighted by atomic mass is 32.2. The van der Waals surface area contributed by atoms with Gasteiger partial charge in [0.15, 0.2) is 0 Å². The van der Waals surface area contributed by atoms with Gasteiger partial charge in [-0.15, -0.1) is 0 Å². The lowest BCUT2D eigenvalue weighted by atomic mass is 10.1. The molecule has 0 bridgehead atoms. The fourth-order valence-corrected chi connectivity index (χ4v) is 1.66. The van der Waals surface area contributed by atoms with Crippen molar-refractivity contribution in [2.24, 2.45) is 0 Å². The van der Waals surface area contributed by atoms with Crippen LogP contribution in [0.15, 0.2) is 0 Å². The molecule has 1 rings (SSSR count). The number of hydrogen-bond acceptors (Lipinski definition) is 2. The Kier molecular flexibility index (Phi) is 2.86. The van der Waals surface area contributed by atoms with Gasteiger partial charge in [0.1, 0.15) is 0 Å². The first-order chi connectivity index (χ1) is 4.33. The van der Waals surface area contributed by atoms with Crippen molar-refractivity contribution in [1.82, 2.24) is 4.90 Å². The molecule has 1 heterocycles. The summed E-state index contributed by atoms with van der Waals surface area (Å²) in [6.45, 7) is 2.52. The number of rotatable bonds is 1. The molecule has 0 aromatic rings. The summed E-state index contributed by atoms with van der Waals surface area (Å²) in [5.74, 6) is 0. The topological polar surface area (TPSA) is 3.24 Å². The van der Waals surface area contributed by atoms with Gasteiger partial charge in [-0.25, -0.2) is 0 Å². The zero-order valence-corrected chi connectivity index (χ0v) is 7.00. The molecule has 2 heteroatoms. The van der Waals surface area contributed by atoms with Crippen LogP contribution in [-0.2, 0) is 0 Å². The fraction of sp³-hybridized carbons (Fsp3) is 0.857. The summed E-state index contributed by atoms with van der Waals surface area (Å²) in [5.41, 5.74) is 0. The Morgan fingerprint density at radius 3 is 2.33 bits per heavy atom. The SMILES string of the molecule is CS[C-]1CCN(C)CC1. The molecule has 1 aliphatic rings. The summed E-state index contributed by atoms with van der Waals surface area (Å²) in [6.07, 6.45) is 4.79. The maximum absolute atomic E-state index is 2.39. The van der Waals surface area contributed by atoms with E-state index in [1.54, 1.807) is 5.25 Å². The van der Waals surface area contributed by atoms with Gasteiger partial charge in [0.2, 0.25) is 0 Å². The summed E-state index contributed by atoms with van der Waals surface area (Å²) < 4.78 is 0. The molecule has 0 amide bonds. The van der Waals surface area contributed by atoms with Gasteiger partial charge in [-0.2, -0.15) is 12.8 Å². The second-order valence-corrected chi connectivity index (χ2v) is 3.53. The predicted molar refractivity (Wildman–Crippen MR) is 43.5 cm³/mol. The van der Waals surface area contributed by atoms with E-state index in [-0.39, 0.29) is 0 Å². The van der Waals surface area contributed by atoms with Crippen LogP contribution in [0.5, 0.6) is 0 Å². The fourth-order valence-electron chi connectivity index (χ4n) is 1.07. The van der Waals surface area contributed by atoms with E-state index < -0.39 is 0 Å². The molecule has 0 atom stereocenters. The molecule has 0 saturated carbocycles. The highest BCUT2D eigenvalue weighted by Gasteiger charge is 2.03. The summed E-state index contributed by atoms with van der Waals surface area (Å²) in [6, 6.07) is 0. The summed E-state index contributed by atoms with van der Waals surface area (Å²) >= 11 is 1.94. The highest BCUT2D eigenvalue weighted by molar-refractivity contribution is 8.01. The van der Waals surface area contributed by atoms with Gasteiger partial charge in [-0.1, -0.05) is 0 Å². The van der Waals surface area contributed by atoms with E-state index in [0.717, 1.165) is 0 Å². The standard InChI is InChI=1S/C7H14NS/c1-8-5-3-7(9-2)4-6-8/h3-6H2,1-2H3/q-1. The van der Waals surface area contributed by atoms with Gasteiger partial charge < -0.3 is 16.7 Å². The Morgan fingerprint density at radius 1 is 1.33 bits per heavy atom. The summed E-state index contributed by atoms with van der Waals surface area (Å²) in [7, 11) is 2.19. The Morgan fingerprint density at radius 2 is 1.89 bits per heavy atom. The predicted octanol–water partition coefficient (Wildman–Crippen LogP) is 1.61. The molecule has 0 N–H and O–H groups in total. The molecule has 0 unspecified atom stereocenters. The third-order valence-corrected chi connectivity index (χ3v) is 2.82. The molecule has 0 aromatic heterocycles. The lowest BCUT2D eigenvalue weighted by molar-refractivity contribution is 0.305. The average molecular weight is 144 g/mol. The molecule has 9 heavy (non-hydrogen) atoms. The number of nitrogens with zero attached hydrogens (tertiary/aromatic N) is 1. The number of hydrogen-bond donors (Lipinski definition) is 0. The molecule has 1 fully saturated rings.